The molecule has 0 radical (unpaired) electrons. The van der Waals surface area contributed by atoms with E-state index in [-0.39, 0.29) is 49.8 Å². The maximum Gasteiger partial charge on any atom is 0.350 e. The molecule has 0 saturated carbocycles. The molecule has 3 heterocycles. The predicted octanol–water partition coefficient (Wildman–Crippen LogP) is 6.38. The third-order valence-electron chi connectivity index (χ3n) is 6.66. The first-order chi connectivity index (χ1) is 21.2. The molecule has 0 aromatic heterocycles. The number of benzene rings is 3. The summed E-state index contributed by atoms with van der Waals surface area (Å²) < 4.78 is 5.81. The first kappa shape index (κ1) is 30.1. The van der Waals surface area contributed by atoms with Crippen molar-refractivity contribution in [2.75, 3.05) is 0 Å². The number of hydrogen-bond donors (Lipinski definition) is 2. The van der Waals surface area contributed by atoms with E-state index in [4.69, 9.17) is 4.74 Å². The van der Waals surface area contributed by atoms with Gasteiger partial charge in [-0.25, -0.2) is 14.8 Å². The molecule has 3 aromatic rings. The summed E-state index contributed by atoms with van der Waals surface area (Å²) >= 11 is 4.05. The molecule has 2 amide bonds. The van der Waals surface area contributed by atoms with Gasteiger partial charge >= 0.3 is 5.97 Å². The molecule has 1 fully saturated rings. The van der Waals surface area contributed by atoms with E-state index in [0.717, 1.165) is 58.2 Å². The van der Waals surface area contributed by atoms with Crippen molar-refractivity contribution in [3.8, 4) is 17.6 Å². The fourth-order valence-corrected chi connectivity index (χ4v) is 9.92. The Morgan fingerprint density at radius 3 is 1.64 bits per heavy atom. The van der Waals surface area contributed by atoms with Gasteiger partial charge in [0.15, 0.2) is 5.57 Å². The van der Waals surface area contributed by atoms with Crippen molar-refractivity contribution in [2.24, 2.45) is 0 Å². The minimum absolute atomic E-state index is 0.0360. The van der Waals surface area contributed by atoms with E-state index in [2.05, 4.69) is 0 Å². The Balaban J connectivity index is 1.35. The topological polar surface area (TPSA) is 131 Å². The van der Waals surface area contributed by atoms with Crippen LogP contribution in [-0.4, -0.2) is 44.1 Å². The number of rotatable bonds is 6. The van der Waals surface area contributed by atoms with Crippen LogP contribution in [0.2, 0.25) is 0 Å². The van der Waals surface area contributed by atoms with Crippen LogP contribution in [0, 0.1) is 11.3 Å². The largest absolute Gasteiger partial charge is 0.505 e. The fourth-order valence-electron chi connectivity index (χ4n) is 4.65. The van der Waals surface area contributed by atoms with Gasteiger partial charge in [-0.3, -0.25) is 9.59 Å². The van der Waals surface area contributed by atoms with Gasteiger partial charge in [0, 0.05) is 0 Å². The van der Waals surface area contributed by atoms with E-state index in [9.17, 15) is 29.9 Å². The number of nitrogens with zero attached hydrogens (tertiary/aromatic N) is 3. The highest BCUT2D eigenvalue weighted by molar-refractivity contribution is 8.26. The Morgan fingerprint density at radius 2 is 1.23 bits per heavy atom. The van der Waals surface area contributed by atoms with Gasteiger partial charge in [-0.05, 0) is 25.0 Å². The summed E-state index contributed by atoms with van der Waals surface area (Å²) in [6.07, 6.45) is -0.427. The van der Waals surface area contributed by atoms with Gasteiger partial charge in [-0.2, -0.15) is 5.26 Å². The summed E-state index contributed by atoms with van der Waals surface area (Å²) in [5.74, 6) is -2.06. The van der Waals surface area contributed by atoms with Gasteiger partial charge in [-0.15, -0.1) is 0 Å². The Labute approximate surface area is 269 Å². The third kappa shape index (κ3) is 5.43. The van der Waals surface area contributed by atoms with E-state index in [1.165, 1.54) is 10.0 Å². The number of thioether (sulfide) groups is 4. The Bertz CT molecular complexity index is 1710. The molecule has 0 bridgehead atoms. The number of carbonyl (C=O) groups is 3. The summed E-state index contributed by atoms with van der Waals surface area (Å²) in [6.45, 7) is 3.72. The smallest absolute Gasteiger partial charge is 0.350 e. The van der Waals surface area contributed by atoms with Crippen molar-refractivity contribution in [3.05, 3.63) is 91.4 Å². The van der Waals surface area contributed by atoms with Crippen LogP contribution < -0.4 is 0 Å². The van der Waals surface area contributed by atoms with E-state index in [1.54, 1.807) is 13.8 Å². The van der Waals surface area contributed by atoms with Crippen LogP contribution >= 0.6 is 47.0 Å². The fraction of sp³-hybridized carbons (Fsp3) is 0.161. The second-order valence-electron chi connectivity index (χ2n) is 10.0. The zero-order chi connectivity index (χ0) is 31.1. The molecule has 0 unspecified atom stereocenters. The number of hydrogen-bond acceptors (Lipinski definition) is 11. The average molecular weight is 662 g/mol. The minimum Gasteiger partial charge on any atom is -0.505 e. The zero-order valence-electron chi connectivity index (χ0n) is 23.3. The molecule has 9 nitrogen and oxygen atoms in total. The second-order valence-corrected chi connectivity index (χ2v) is 14.6. The lowest BCUT2D eigenvalue weighted by molar-refractivity contribution is -0.149. The highest BCUT2D eigenvalue weighted by Crippen LogP contribution is 2.68. The zero-order valence-corrected chi connectivity index (χ0v) is 26.5. The number of esters is 1. The quantitative estimate of drug-likeness (QED) is 0.100. The lowest BCUT2D eigenvalue weighted by Gasteiger charge is -2.27. The molecule has 44 heavy (non-hydrogen) atoms. The first-order valence-corrected chi connectivity index (χ1v) is 16.6. The van der Waals surface area contributed by atoms with Crippen molar-refractivity contribution in [1.82, 2.24) is 10.0 Å². The van der Waals surface area contributed by atoms with Crippen LogP contribution in [0.1, 0.15) is 25.0 Å². The lowest BCUT2D eigenvalue weighted by Crippen LogP contribution is -2.39. The normalized spacial score (nSPS) is 15.6. The Morgan fingerprint density at radius 1 is 0.795 bits per heavy atom. The van der Waals surface area contributed by atoms with Gasteiger partial charge in [0.05, 0.1) is 47.2 Å². The van der Waals surface area contributed by atoms with Crippen LogP contribution in [0.15, 0.2) is 99.9 Å². The number of fused-ring (bicyclic) bond motifs is 2. The molecular weight excluding hydrogens is 639 g/mol. The van der Waals surface area contributed by atoms with Gasteiger partial charge in [0.1, 0.15) is 23.1 Å². The number of amides is 2. The van der Waals surface area contributed by atoms with E-state index < -0.39 is 23.9 Å². The maximum atomic E-state index is 13.9. The molecule has 6 rings (SSSR count). The number of ether oxygens (including phenoxy) is 1. The molecule has 0 atom stereocenters. The monoisotopic (exact) mass is 661 g/mol. The summed E-state index contributed by atoms with van der Waals surface area (Å²) in [6, 6.07) is 20.6. The highest BCUT2D eigenvalue weighted by Gasteiger charge is 2.46. The van der Waals surface area contributed by atoms with Crippen LogP contribution in [0.4, 0.5) is 0 Å². The van der Waals surface area contributed by atoms with Crippen LogP contribution in [0.5, 0.6) is 11.5 Å². The van der Waals surface area contributed by atoms with Crippen LogP contribution in [0.25, 0.3) is 0 Å². The molecule has 1 saturated heterocycles. The maximum absolute atomic E-state index is 13.9. The third-order valence-corrected chi connectivity index (χ3v) is 11.9. The SMILES string of the molecule is CC(C)OC(=O)C(C#N)=C1Sc2c(O)c3c(c(O)c2S1)SC(=C1C(=O)N(Cc2ccccc2)N(Cc2ccccc2)C1=O)S3. The summed E-state index contributed by atoms with van der Waals surface area (Å²) in [4.78, 5) is 41.4. The molecule has 0 spiro atoms. The van der Waals surface area contributed by atoms with Crippen molar-refractivity contribution in [3.63, 3.8) is 0 Å². The van der Waals surface area contributed by atoms with Gasteiger partial charge < -0.3 is 14.9 Å². The van der Waals surface area contributed by atoms with E-state index >= 15 is 0 Å². The predicted molar refractivity (Wildman–Crippen MR) is 168 cm³/mol. The number of phenols is 2. The number of carbonyl (C=O) groups excluding carboxylic acids is 3. The Kier molecular flexibility index (Phi) is 8.34. The molecular formula is C31H23N3O6S4. The molecule has 3 aromatic carbocycles. The molecule has 3 aliphatic rings. The highest BCUT2D eigenvalue weighted by atomic mass is 32.2. The van der Waals surface area contributed by atoms with E-state index in [0.29, 0.717) is 14.0 Å². The van der Waals surface area contributed by atoms with Crippen molar-refractivity contribution >= 4 is 64.8 Å². The van der Waals surface area contributed by atoms with Crippen molar-refractivity contribution in [2.45, 2.75) is 52.6 Å². The average Bonchev–Trinajstić information content (AvgIpc) is 3.70. The number of hydrazine groups is 1. The summed E-state index contributed by atoms with van der Waals surface area (Å²) in [5.41, 5.74) is 1.45. The van der Waals surface area contributed by atoms with Crippen molar-refractivity contribution < 1.29 is 29.3 Å². The van der Waals surface area contributed by atoms with Gasteiger partial charge in [0.25, 0.3) is 11.8 Å². The molecule has 222 valence electrons. The van der Waals surface area contributed by atoms with E-state index in [1.807, 2.05) is 66.7 Å². The van der Waals surface area contributed by atoms with Gasteiger partial charge in [-0.1, -0.05) is 108 Å². The first-order valence-electron chi connectivity index (χ1n) is 13.3. The van der Waals surface area contributed by atoms with Gasteiger partial charge in [0.2, 0.25) is 0 Å². The van der Waals surface area contributed by atoms with Crippen LogP contribution in [-0.2, 0) is 32.2 Å². The summed E-state index contributed by atoms with van der Waals surface area (Å²) in [5, 5.41) is 35.1. The second kappa shape index (κ2) is 12.2. The number of aromatic hydroxyl groups is 2. The Hall–Kier alpha value is -3.96. The minimum atomic E-state index is -0.786. The lowest BCUT2D eigenvalue weighted by atomic mass is 10.2. The van der Waals surface area contributed by atoms with Crippen LogP contribution in [0.3, 0.4) is 0 Å². The molecule has 13 heteroatoms. The standard InChI is InChI=1S/C31H23N3O6S4/c1-16(2)40-29(39)19(13-32)30-41-23-21(35)25-26(22(36)24(23)42-30)44-31(43-25)20-27(37)33(14-17-9-5-3-6-10-17)34(28(20)38)15-18-11-7-4-8-12-18/h3-12,16,35-36H,14-15H2,1-2H3. The molecule has 0 aliphatic carbocycles. The summed E-state index contributed by atoms with van der Waals surface area (Å²) in [7, 11) is 0. The molecule has 3 aliphatic heterocycles. The molecule has 2 N–H and O–H groups in total. The number of nitriles is 1. The van der Waals surface area contributed by atoms with Crippen molar-refractivity contribution in [1.29, 1.82) is 5.26 Å². The number of phenolic OH excluding ortho intramolecular Hbond substituents is 2.